The second kappa shape index (κ2) is 4.13. The first kappa shape index (κ1) is 9.71. The van der Waals surface area contributed by atoms with Crippen molar-refractivity contribution in [3.8, 4) is 0 Å². The van der Waals surface area contributed by atoms with Crippen LogP contribution < -0.4 is 4.90 Å². The minimum atomic E-state index is 0.0364. The summed E-state index contributed by atoms with van der Waals surface area (Å²) in [5, 5.41) is 0. The molecule has 15 heavy (non-hydrogen) atoms. The van der Waals surface area contributed by atoms with Gasteiger partial charge in [0.1, 0.15) is 0 Å². The Morgan fingerprint density at radius 3 is 3.00 bits per heavy atom. The second-order valence-corrected chi connectivity index (χ2v) is 3.41. The molecule has 0 N–H and O–H groups in total. The van der Waals surface area contributed by atoms with Crippen molar-refractivity contribution in [3.05, 3.63) is 48.1 Å². The van der Waals surface area contributed by atoms with Crippen molar-refractivity contribution in [3.63, 3.8) is 0 Å². The number of hydrogen-bond donors (Lipinski definition) is 0. The van der Waals surface area contributed by atoms with Crippen LogP contribution in [-0.4, -0.2) is 12.5 Å². The number of fused-ring (bicyclic) bond motifs is 1. The lowest BCUT2D eigenvalue weighted by molar-refractivity contribution is -0.114. The quantitative estimate of drug-likeness (QED) is 0.637. The van der Waals surface area contributed by atoms with Crippen molar-refractivity contribution in [1.29, 1.82) is 0 Å². The summed E-state index contributed by atoms with van der Waals surface area (Å²) in [6, 6.07) is 7.92. The fraction of sp³-hybridized carbons (Fsp3) is 0.154. The van der Waals surface area contributed by atoms with Crippen LogP contribution in [0.5, 0.6) is 0 Å². The summed E-state index contributed by atoms with van der Waals surface area (Å²) in [6.45, 7) is 2.50. The molecule has 0 saturated heterocycles. The number of rotatable bonds is 1. The average Bonchev–Trinajstić information content (AvgIpc) is 2.28. The zero-order valence-corrected chi connectivity index (χ0v) is 8.68. The highest BCUT2D eigenvalue weighted by atomic mass is 16.2. The van der Waals surface area contributed by atoms with Gasteiger partial charge in [-0.1, -0.05) is 36.4 Å². The summed E-state index contributed by atoms with van der Waals surface area (Å²) in [6.07, 6.45) is 7.41. The molecule has 1 aliphatic rings. The van der Waals surface area contributed by atoms with Crippen LogP contribution in [0.1, 0.15) is 12.5 Å². The molecule has 0 spiro atoms. The lowest BCUT2D eigenvalue weighted by Crippen LogP contribution is -2.31. The highest BCUT2D eigenvalue weighted by Crippen LogP contribution is 2.25. The van der Waals surface area contributed by atoms with E-state index in [1.54, 1.807) is 17.1 Å². The van der Waals surface area contributed by atoms with Crippen LogP contribution in [0, 0.1) is 0 Å². The molecule has 0 unspecified atom stereocenters. The van der Waals surface area contributed by atoms with Crippen LogP contribution in [0.3, 0.4) is 0 Å². The Labute approximate surface area is 89.5 Å². The van der Waals surface area contributed by atoms with Gasteiger partial charge in [0, 0.05) is 6.54 Å². The van der Waals surface area contributed by atoms with E-state index < -0.39 is 0 Å². The summed E-state index contributed by atoms with van der Waals surface area (Å²) in [4.78, 5) is 13.5. The van der Waals surface area contributed by atoms with E-state index >= 15 is 0 Å². The van der Waals surface area contributed by atoms with E-state index in [0.29, 0.717) is 6.54 Å². The Balaban J connectivity index is 2.38. The molecule has 0 aromatic heterocycles. The smallest absolute Gasteiger partial charge is 0.250 e. The van der Waals surface area contributed by atoms with Gasteiger partial charge >= 0.3 is 0 Å². The molecule has 76 valence electrons. The number of carbonyl (C=O) groups is 1. The van der Waals surface area contributed by atoms with Gasteiger partial charge in [-0.05, 0) is 24.6 Å². The molecule has 2 nitrogen and oxygen atoms in total. The van der Waals surface area contributed by atoms with Crippen LogP contribution in [0.15, 0.2) is 42.5 Å². The standard InChI is InChI=1S/C13H13NO/c1-2-6-13(15)14-10-5-8-11-7-3-4-9-12(11)14/h2-9H,10H2,1H3. The Bertz CT molecular complexity index is 432. The number of carbonyl (C=O) groups excluding carboxylic acids is 1. The molecule has 1 heterocycles. The van der Waals surface area contributed by atoms with Gasteiger partial charge in [0.25, 0.3) is 5.91 Å². The van der Waals surface area contributed by atoms with E-state index in [1.807, 2.05) is 37.3 Å². The van der Waals surface area contributed by atoms with E-state index in [9.17, 15) is 4.79 Å². The number of anilines is 1. The maximum absolute atomic E-state index is 11.8. The number of allylic oxidation sites excluding steroid dienone is 1. The molecular formula is C13H13NO. The summed E-state index contributed by atoms with van der Waals surface area (Å²) < 4.78 is 0. The monoisotopic (exact) mass is 199 g/mol. The van der Waals surface area contributed by atoms with E-state index in [2.05, 4.69) is 6.08 Å². The molecule has 0 fully saturated rings. The van der Waals surface area contributed by atoms with Crippen molar-refractivity contribution < 1.29 is 4.79 Å². The third kappa shape index (κ3) is 1.84. The molecular weight excluding hydrogens is 186 g/mol. The zero-order valence-electron chi connectivity index (χ0n) is 8.68. The first-order valence-corrected chi connectivity index (χ1v) is 5.02. The molecule has 0 atom stereocenters. The van der Waals surface area contributed by atoms with Crippen molar-refractivity contribution in [2.45, 2.75) is 6.92 Å². The lowest BCUT2D eigenvalue weighted by atomic mass is 10.1. The SMILES string of the molecule is CC=CC(=O)N1CC=Cc2ccccc21. The molecule has 0 aliphatic carbocycles. The zero-order chi connectivity index (χ0) is 10.7. The minimum Gasteiger partial charge on any atom is -0.304 e. The van der Waals surface area contributed by atoms with Gasteiger partial charge in [-0.3, -0.25) is 4.79 Å². The normalized spacial score (nSPS) is 14.3. The van der Waals surface area contributed by atoms with Gasteiger partial charge in [0.05, 0.1) is 5.69 Å². The Morgan fingerprint density at radius 2 is 2.20 bits per heavy atom. The Hall–Kier alpha value is -1.83. The molecule has 2 heteroatoms. The van der Waals surface area contributed by atoms with Crippen LogP contribution in [0.4, 0.5) is 5.69 Å². The predicted molar refractivity (Wildman–Crippen MR) is 62.6 cm³/mol. The number of hydrogen-bond acceptors (Lipinski definition) is 1. The third-order valence-electron chi connectivity index (χ3n) is 2.39. The Kier molecular flexibility index (Phi) is 2.68. The van der Waals surface area contributed by atoms with Crippen LogP contribution in [-0.2, 0) is 4.79 Å². The molecule has 0 saturated carbocycles. The highest BCUT2D eigenvalue weighted by molar-refractivity contribution is 6.03. The van der Waals surface area contributed by atoms with E-state index in [-0.39, 0.29) is 5.91 Å². The fourth-order valence-corrected chi connectivity index (χ4v) is 1.70. The van der Waals surface area contributed by atoms with Crippen LogP contribution >= 0.6 is 0 Å². The molecule has 1 aliphatic heterocycles. The van der Waals surface area contributed by atoms with Gasteiger partial charge in [0.15, 0.2) is 0 Å². The maximum atomic E-state index is 11.8. The van der Waals surface area contributed by atoms with Crippen molar-refractivity contribution >= 4 is 17.7 Å². The molecule has 1 aromatic carbocycles. The van der Waals surface area contributed by atoms with Crippen molar-refractivity contribution in [2.75, 3.05) is 11.4 Å². The van der Waals surface area contributed by atoms with Gasteiger partial charge in [-0.25, -0.2) is 0 Å². The first-order chi connectivity index (χ1) is 7.33. The lowest BCUT2D eigenvalue weighted by Gasteiger charge is -2.24. The highest BCUT2D eigenvalue weighted by Gasteiger charge is 2.16. The second-order valence-electron chi connectivity index (χ2n) is 3.41. The minimum absolute atomic E-state index is 0.0364. The van der Waals surface area contributed by atoms with Crippen molar-refractivity contribution in [1.82, 2.24) is 0 Å². The van der Waals surface area contributed by atoms with Crippen molar-refractivity contribution in [2.24, 2.45) is 0 Å². The van der Waals surface area contributed by atoms with Gasteiger partial charge in [-0.15, -0.1) is 0 Å². The summed E-state index contributed by atoms with van der Waals surface area (Å²) in [7, 11) is 0. The molecule has 1 amide bonds. The van der Waals surface area contributed by atoms with Crippen LogP contribution in [0.25, 0.3) is 6.08 Å². The molecule has 1 aromatic rings. The maximum Gasteiger partial charge on any atom is 0.250 e. The largest absolute Gasteiger partial charge is 0.304 e. The molecule has 0 radical (unpaired) electrons. The topological polar surface area (TPSA) is 20.3 Å². The first-order valence-electron chi connectivity index (χ1n) is 5.02. The van der Waals surface area contributed by atoms with E-state index in [1.165, 1.54) is 0 Å². The number of para-hydroxylation sites is 1. The average molecular weight is 199 g/mol. The summed E-state index contributed by atoms with van der Waals surface area (Å²) in [5.74, 6) is 0.0364. The predicted octanol–water partition coefficient (Wildman–Crippen LogP) is 2.62. The Morgan fingerprint density at radius 1 is 1.40 bits per heavy atom. The van der Waals surface area contributed by atoms with E-state index in [4.69, 9.17) is 0 Å². The number of amides is 1. The number of nitrogens with zero attached hydrogens (tertiary/aromatic N) is 1. The van der Waals surface area contributed by atoms with Gasteiger partial charge < -0.3 is 4.90 Å². The molecule has 0 bridgehead atoms. The van der Waals surface area contributed by atoms with E-state index in [0.717, 1.165) is 11.3 Å². The van der Waals surface area contributed by atoms with Gasteiger partial charge in [0.2, 0.25) is 0 Å². The number of benzene rings is 1. The molecule has 2 rings (SSSR count). The summed E-state index contributed by atoms with van der Waals surface area (Å²) >= 11 is 0. The third-order valence-corrected chi connectivity index (χ3v) is 2.39. The van der Waals surface area contributed by atoms with Crippen LogP contribution in [0.2, 0.25) is 0 Å². The van der Waals surface area contributed by atoms with Gasteiger partial charge in [-0.2, -0.15) is 0 Å². The fourth-order valence-electron chi connectivity index (χ4n) is 1.70. The summed E-state index contributed by atoms with van der Waals surface area (Å²) in [5.41, 5.74) is 2.09.